The lowest BCUT2D eigenvalue weighted by molar-refractivity contribution is 0.399. The number of nitrogens with zero attached hydrogens (tertiary/aromatic N) is 2. The van der Waals surface area contributed by atoms with E-state index in [2.05, 4.69) is 71.7 Å². The maximum absolute atomic E-state index is 5.68. The first-order valence-electron chi connectivity index (χ1n) is 10.0. The molecule has 0 radical (unpaired) electrons. The molecule has 1 N–H and O–H groups in total. The first-order valence-corrected chi connectivity index (χ1v) is 10.0. The Morgan fingerprint density at radius 2 is 1.63 bits per heavy atom. The van der Waals surface area contributed by atoms with Gasteiger partial charge in [0, 0.05) is 50.0 Å². The molecule has 146 valence electrons. The van der Waals surface area contributed by atoms with Crippen molar-refractivity contribution in [3.05, 3.63) is 59.2 Å². The fourth-order valence-electron chi connectivity index (χ4n) is 3.78. The van der Waals surface area contributed by atoms with Gasteiger partial charge in [0.05, 0.1) is 7.11 Å². The fraction of sp³-hybridized carbons (Fsp3) is 0.478. The number of benzene rings is 2. The Hall–Kier alpha value is -2.04. The van der Waals surface area contributed by atoms with Gasteiger partial charge in [-0.3, -0.25) is 0 Å². The van der Waals surface area contributed by atoms with Gasteiger partial charge in [0.2, 0.25) is 0 Å². The molecule has 0 aromatic heterocycles. The van der Waals surface area contributed by atoms with Crippen LogP contribution in [-0.2, 0) is 19.6 Å². The monoisotopic (exact) mass is 367 g/mol. The summed E-state index contributed by atoms with van der Waals surface area (Å²) < 4.78 is 5.68. The lowest BCUT2D eigenvalue weighted by Gasteiger charge is -2.29. The molecule has 3 rings (SSSR count). The lowest BCUT2D eigenvalue weighted by Crippen LogP contribution is -2.29. The number of ether oxygens (including phenoxy) is 1. The molecule has 0 amide bonds. The molecule has 1 aliphatic rings. The summed E-state index contributed by atoms with van der Waals surface area (Å²) in [5, 5.41) is 3.59. The van der Waals surface area contributed by atoms with Crippen LogP contribution in [-0.4, -0.2) is 39.2 Å². The lowest BCUT2D eigenvalue weighted by atomic mass is 10.1. The van der Waals surface area contributed by atoms with Gasteiger partial charge in [0.15, 0.2) is 0 Å². The molecule has 2 aromatic carbocycles. The number of hydrogen-bond donors (Lipinski definition) is 1. The molecule has 0 saturated carbocycles. The Labute approximate surface area is 164 Å². The summed E-state index contributed by atoms with van der Waals surface area (Å²) in [4.78, 5) is 4.68. The number of hydrogen-bond acceptors (Lipinski definition) is 4. The van der Waals surface area contributed by atoms with E-state index < -0.39 is 0 Å². The minimum Gasteiger partial charge on any atom is -0.496 e. The molecule has 2 aromatic rings. The third-order valence-corrected chi connectivity index (χ3v) is 5.23. The predicted octanol–water partition coefficient (Wildman–Crippen LogP) is 4.04. The van der Waals surface area contributed by atoms with Crippen molar-refractivity contribution in [1.82, 2.24) is 10.2 Å². The SMILES string of the molecule is COc1cc(N2CCCCC2)ccc1CNCc1ccccc1CN(C)C. The van der Waals surface area contributed by atoms with Gasteiger partial charge in [-0.15, -0.1) is 0 Å². The van der Waals surface area contributed by atoms with E-state index in [9.17, 15) is 0 Å². The minimum absolute atomic E-state index is 0.805. The van der Waals surface area contributed by atoms with Crippen molar-refractivity contribution in [2.75, 3.05) is 39.2 Å². The molecule has 0 aliphatic carbocycles. The van der Waals surface area contributed by atoms with Gasteiger partial charge in [-0.1, -0.05) is 30.3 Å². The van der Waals surface area contributed by atoms with Crippen molar-refractivity contribution >= 4 is 5.69 Å². The Balaban J connectivity index is 1.62. The number of rotatable bonds is 8. The quantitative estimate of drug-likeness (QED) is 0.762. The van der Waals surface area contributed by atoms with Gasteiger partial charge >= 0.3 is 0 Å². The van der Waals surface area contributed by atoms with Gasteiger partial charge in [0.25, 0.3) is 0 Å². The predicted molar refractivity (Wildman–Crippen MR) is 113 cm³/mol. The summed E-state index contributed by atoms with van der Waals surface area (Å²) in [5.74, 6) is 0.979. The highest BCUT2D eigenvalue weighted by molar-refractivity contribution is 5.54. The van der Waals surface area contributed by atoms with E-state index >= 15 is 0 Å². The van der Waals surface area contributed by atoms with Gasteiger partial charge in [-0.25, -0.2) is 0 Å². The molecule has 27 heavy (non-hydrogen) atoms. The van der Waals surface area contributed by atoms with Crippen molar-refractivity contribution in [2.24, 2.45) is 0 Å². The highest BCUT2D eigenvalue weighted by atomic mass is 16.5. The standard InChI is InChI=1S/C23H33N3O/c1-25(2)18-21-10-6-5-9-19(21)16-24-17-20-11-12-22(15-23(20)27-3)26-13-7-4-8-14-26/h5-6,9-12,15,24H,4,7-8,13-14,16-18H2,1-3H3. The van der Waals surface area contributed by atoms with E-state index in [1.807, 2.05) is 0 Å². The summed E-state index contributed by atoms with van der Waals surface area (Å²) in [5.41, 5.74) is 5.23. The van der Waals surface area contributed by atoms with Crippen molar-refractivity contribution < 1.29 is 4.74 Å². The smallest absolute Gasteiger partial charge is 0.125 e. The first kappa shape index (κ1) is 19.7. The third kappa shape index (κ3) is 5.47. The van der Waals surface area contributed by atoms with Crippen LogP contribution in [0.1, 0.15) is 36.0 Å². The number of anilines is 1. The number of methoxy groups -OCH3 is 1. The van der Waals surface area contributed by atoms with Crippen LogP contribution < -0.4 is 15.0 Å². The maximum atomic E-state index is 5.68. The molecule has 0 bridgehead atoms. The molecule has 1 fully saturated rings. The molecular formula is C23H33N3O. The highest BCUT2D eigenvalue weighted by Gasteiger charge is 2.13. The maximum Gasteiger partial charge on any atom is 0.125 e. The Morgan fingerprint density at radius 1 is 0.926 bits per heavy atom. The van der Waals surface area contributed by atoms with E-state index in [0.29, 0.717) is 0 Å². The molecule has 0 unspecified atom stereocenters. The summed E-state index contributed by atoms with van der Waals surface area (Å²) in [7, 11) is 5.99. The van der Waals surface area contributed by atoms with E-state index in [0.717, 1.165) is 38.5 Å². The van der Waals surface area contributed by atoms with Gasteiger partial charge in [-0.2, -0.15) is 0 Å². The topological polar surface area (TPSA) is 27.7 Å². The Morgan fingerprint density at radius 3 is 2.33 bits per heavy atom. The summed E-state index contributed by atoms with van der Waals surface area (Å²) in [6.45, 7) is 4.94. The molecule has 4 nitrogen and oxygen atoms in total. The average molecular weight is 368 g/mol. The van der Waals surface area contributed by atoms with E-state index in [1.165, 1.54) is 41.6 Å². The summed E-state index contributed by atoms with van der Waals surface area (Å²) >= 11 is 0. The molecule has 4 heteroatoms. The van der Waals surface area contributed by atoms with Crippen LogP contribution in [0.3, 0.4) is 0 Å². The second-order valence-corrected chi connectivity index (χ2v) is 7.65. The first-order chi connectivity index (χ1) is 13.2. The van der Waals surface area contributed by atoms with E-state index in [-0.39, 0.29) is 0 Å². The van der Waals surface area contributed by atoms with Gasteiger partial charge in [0.1, 0.15) is 5.75 Å². The van der Waals surface area contributed by atoms with Crippen molar-refractivity contribution in [2.45, 2.75) is 38.9 Å². The fourth-order valence-corrected chi connectivity index (χ4v) is 3.78. The summed E-state index contributed by atoms with van der Waals surface area (Å²) in [6, 6.07) is 15.3. The largest absolute Gasteiger partial charge is 0.496 e. The van der Waals surface area contributed by atoms with Crippen LogP contribution >= 0.6 is 0 Å². The highest BCUT2D eigenvalue weighted by Crippen LogP contribution is 2.27. The van der Waals surface area contributed by atoms with Crippen LogP contribution in [0.15, 0.2) is 42.5 Å². The zero-order chi connectivity index (χ0) is 19.1. The van der Waals surface area contributed by atoms with Crippen LogP contribution in [0.25, 0.3) is 0 Å². The van der Waals surface area contributed by atoms with E-state index in [1.54, 1.807) is 7.11 Å². The van der Waals surface area contributed by atoms with Crippen molar-refractivity contribution in [3.63, 3.8) is 0 Å². The minimum atomic E-state index is 0.805. The van der Waals surface area contributed by atoms with Crippen LogP contribution in [0.4, 0.5) is 5.69 Å². The second kappa shape index (κ2) is 9.77. The molecule has 0 spiro atoms. The second-order valence-electron chi connectivity index (χ2n) is 7.65. The number of nitrogens with one attached hydrogen (secondary N) is 1. The molecular weight excluding hydrogens is 334 g/mol. The normalized spacial score (nSPS) is 14.6. The number of piperidine rings is 1. The molecule has 1 aliphatic heterocycles. The van der Waals surface area contributed by atoms with Crippen molar-refractivity contribution in [3.8, 4) is 5.75 Å². The molecule has 1 saturated heterocycles. The van der Waals surface area contributed by atoms with Crippen LogP contribution in [0.5, 0.6) is 5.75 Å². The zero-order valence-corrected chi connectivity index (χ0v) is 17.0. The van der Waals surface area contributed by atoms with Gasteiger partial charge < -0.3 is 19.9 Å². The van der Waals surface area contributed by atoms with E-state index in [4.69, 9.17) is 4.74 Å². The molecule has 1 heterocycles. The van der Waals surface area contributed by atoms with Gasteiger partial charge in [-0.05, 0) is 50.6 Å². The third-order valence-electron chi connectivity index (χ3n) is 5.23. The summed E-state index contributed by atoms with van der Waals surface area (Å²) in [6.07, 6.45) is 3.93. The Bertz CT molecular complexity index is 723. The average Bonchev–Trinajstić information content (AvgIpc) is 2.69. The van der Waals surface area contributed by atoms with Crippen LogP contribution in [0.2, 0.25) is 0 Å². The Kier molecular flexibility index (Phi) is 7.13. The zero-order valence-electron chi connectivity index (χ0n) is 17.0. The molecule has 0 atom stereocenters. The van der Waals surface area contributed by atoms with Crippen molar-refractivity contribution in [1.29, 1.82) is 0 Å². The van der Waals surface area contributed by atoms with Crippen LogP contribution in [0, 0.1) is 0 Å².